The molecule has 60 valence electrons. The van der Waals surface area contributed by atoms with Crippen LogP contribution in [-0.2, 0) is 0 Å². The van der Waals surface area contributed by atoms with Crippen molar-refractivity contribution >= 4 is 15.9 Å². The largest absolute Gasteiger partial charge is 0.342 e. The predicted molar refractivity (Wildman–Crippen MR) is 45.2 cm³/mol. The fourth-order valence-corrected chi connectivity index (χ4v) is 1.23. The number of halogens is 1. The van der Waals surface area contributed by atoms with Gasteiger partial charge in [-0.2, -0.15) is 4.98 Å². The van der Waals surface area contributed by atoms with Crippen LogP contribution in [0.5, 0.6) is 0 Å². The molecule has 0 saturated carbocycles. The Hall–Kier alpha value is -1.23. The van der Waals surface area contributed by atoms with Crippen LogP contribution in [0, 0.1) is 0 Å². The first-order valence-corrected chi connectivity index (χ1v) is 4.03. The Balaban J connectivity index is 2.55. The van der Waals surface area contributed by atoms with Crippen LogP contribution in [0.4, 0.5) is 0 Å². The first-order valence-electron chi connectivity index (χ1n) is 3.24. The summed E-state index contributed by atoms with van der Waals surface area (Å²) in [5.74, 6) is 0.537. The molecule has 12 heavy (non-hydrogen) atoms. The lowest BCUT2D eigenvalue weighted by molar-refractivity contribution is 0.418. The molecule has 4 nitrogen and oxygen atoms in total. The summed E-state index contributed by atoms with van der Waals surface area (Å²) >= 11 is 3.36. The van der Waals surface area contributed by atoms with Gasteiger partial charge in [0.1, 0.15) is 0 Å². The number of hydrogen-bond donors (Lipinski definition) is 0. The van der Waals surface area contributed by atoms with Gasteiger partial charge in [0, 0.05) is 16.9 Å². The SMILES string of the molecule is Brc1ccncc1-c1ncon1. The molecule has 0 radical (unpaired) electrons. The molecule has 2 aromatic rings. The zero-order valence-corrected chi connectivity index (χ0v) is 7.52. The monoisotopic (exact) mass is 225 g/mol. The van der Waals surface area contributed by atoms with E-state index >= 15 is 0 Å². The maximum atomic E-state index is 4.61. The molecule has 0 bridgehead atoms. The van der Waals surface area contributed by atoms with Crippen LogP contribution in [-0.4, -0.2) is 15.1 Å². The van der Waals surface area contributed by atoms with Crippen molar-refractivity contribution < 1.29 is 4.52 Å². The van der Waals surface area contributed by atoms with Crippen LogP contribution in [0.3, 0.4) is 0 Å². The smallest absolute Gasteiger partial charge is 0.214 e. The Morgan fingerprint density at radius 3 is 3.00 bits per heavy atom. The molecule has 2 heterocycles. The maximum absolute atomic E-state index is 4.61. The Morgan fingerprint density at radius 2 is 2.33 bits per heavy atom. The van der Waals surface area contributed by atoms with Crippen molar-refractivity contribution in [3.05, 3.63) is 29.3 Å². The molecule has 0 unspecified atom stereocenters. The van der Waals surface area contributed by atoms with Crippen molar-refractivity contribution in [3.8, 4) is 11.4 Å². The first kappa shape index (κ1) is 7.42. The maximum Gasteiger partial charge on any atom is 0.214 e. The number of nitrogens with zero attached hydrogens (tertiary/aromatic N) is 3. The number of rotatable bonds is 1. The normalized spacial score (nSPS) is 10.1. The molecule has 0 amide bonds. The Labute approximate surface area is 76.8 Å². The first-order chi connectivity index (χ1) is 5.88. The third-order valence-electron chi connectivity index (χ3n) is 1.37. The summed E-state index contributed by atoms with van der Waals surface area (Å²) < 4.78 is 5.52. The van der Waals surface area contributed by atoms with E-state index in [0.717, 1.165) is 10.0 Å². The summed E-state index contributed by atoms with van der Waals surface area (Å²) in [6.07, 6.45) is 4.65. The molecule has 5 heteroatoms. The molecule has 0 fully saturated rings. The fourth-order valence-electron chi connectivity index (χ4n) is 0.831. The lowest BCUT2D eigenvalue weighted by Crippen LogP contribution is -1.83. The molecule has 0 aliphatic carbocycles. The minimum Gasteiger partial charge on any atom is -0.342 e. The summed E-state index contributed by atoms with van der Waals surface area (Å²) in [5.41, 5.74) is 0.825. The van der Waals surface area contributed by atoms with Gasteiger partial charge in [-0.05, 0) is 22.0 Å². The molecule has 0 aliphatic heterocycles. The van der Waals surface area contributed by atoms with Crippen LogP contribution >= 0.6 is 15.9 Å². The van der Waals surface area contributed by atoms with Crippen molar-refractivity contribution in [2.45, 2.75) is 0 Å². The van der Waals surface area contributed by atoms with Crippen molar-refractivity contribution in [3.63, 3.8) is 0 Å². The second kappa shape index (κ2) is 3.02. The van der Waals surface area contributed by atoms with Gasteiger partial charge in [0.05, 0.1) is 5.56 Å². The molecule has 2 rings (SSSR count). The van der Waals surface area contributed by atoms with Gasteiger partial charge in [-0.15, -0.1) is 0 Å². The average molecular weight is 226 g/mol. The van der Waals surface area contributed by atoms with Gasteiger partial charge < -0.3 is 4.52 Å². The van der Waals surface area contributed by atoms with E-state index in [1.165, 1.54) is 6.39 Å². The second-order valence-electron chi connectivity index (χ2n) is 2.11. The summed E-state index contributed by atoms with van der Waals surface area (Å²) in [5, 5.41) is 3.69. The zero-order valence-electron chi connectivity index (χ0n) is 5.94. The van der Waals surface area contributed by atoms with Crippen molar-refractivity contribution in [2.24, 2.45) is 0 Å². The summed E-state index contributed by atoms with van der Waals surface area (Å²) in [4.78, 5) is 7.85. The second-order valence-corrected chi connectivity index (χ2v) is 2.96. The van der Waals surface area contributed by atoms with E-state index in [9.17, 15) is 0 Å². The van der Waals surface area contributed by atoms with E-state index < -0.39 is 0 Å². The van der Waals surface area contributed by atoms with Gasteiger partial charge in [0.2, 0.25) is 12.2 Å². The van der Waals surface area contributed by atoms with E-state index in [1.807, 2.05) is 6.07 Å². The summed E-state index contributed by atoms with van der Waals surface area (Å²) in [6.45, 7) is 0. The van der Waals surface area contributed by atoms with Crippen LogP contribution in [0.2, 0.25) is 0 Å². The molecule has 0 aliphatic rings. The molecule has 2 aromatic heterocycles. The highest BCUT2D eigenvalue weighted by atomic mass is 79.9. The molecular weight excluding hydrogens is 222 g/mol. The Morgan fingerprint density at radius 1 is 1.42 bits per heavy atom. The standard InChI is InChI=1S/C7H4BrN3O/c8-6-1-2-9-3-5(6)7-10-4-12-11-7/h1-4H. The highest BCUT2D eigenvalue weighted by Gasteiger charge is 2.06. The van der Waals surface area contributed by atoms with E-state index in [1.54, 1.807) is 12.4 Å². The van der Waals surface area contributed by atoms with E-state index in [2.05, 4.69) is 35.6 Å². The van der Waals surface area contributed by atoms with Gasteiger partial charge in [-0.1, -0.05) is 5.16 Å². The molecule has 0 N–H and O–H groups in total. The third-order valence-corrected chi connectivity index (χ3v) is 2.06. The minimum atomic E-state index is 0.537. The zero-order chi connectivity index (χ0) is 8.39. The van der Waals surface area contributed by atoms with E-state index in [4.69, 9.17) is 0 Å². The number of aromatic nitrogens is 3. The minimum absolute atomic E-state index is 0.537. The summed E-state index contributed by atoms with van der Waals surface area (Å²) in [6, 6.07) is 1.83. The quantitative estimate of drug-likeness (QED) is 0.744. The predicted octanol–water partition coefficient (Wildman–Crippen LogP) is 1.89. The van der Waals surface area contributed by atoms with Crippen LogP contribution in [0.15, 0.2) is 33.8 Å². The van der Waals surface area contributed by atoms with Crippen molar-refractivity contribution in [1.29, 1.82) is 0 Å². The molecular formula is C7H4BrN3O. The lowest BCUT2D eigenvalue weighted by Gasteiger charge is -1.94. The van der Waals surface area contributed by atoms with Crippen molar-refractivity contribution in [2.75, 3.05) is 0 Å². The third kappa shape index (κ3) is 1.23. The van der Waals surface area contributed by atoms with Gasteiger partial charge in [0.15, 0.2) is 0 Å². The lowest BCUT2D eigenvalue weighted by atomic mass is 10.3. The highest BCUT2D eigenvalue weighted by molar-refractivity contribution is 9.10. The molecule has 0 aromatic carbocycles. The van der Waals surface area contributed by atoms with E-state index in [0.29, 0.717) is 5.82 Å². The fraction of sp³-hybridized carbons (Fsp3) is 0. The van der Waals surface area contributed by atoms with Gasteiger partial charge in [-0.3, -0.25) is 4.98 Å². The molecule has 0 saturated heterocycles. The molecule has 0 spiro atoms. The van der Waals surface area contributed by atoms with Crippen LogP contribution in [0.25, 0.3) is 11.4 Å². The summed E-state index contributed by atoms with van der Waals surface area (Å²) in [7, 11) is 0. The van der Waals surface area contributed by atoms with Gasteiger partial charge in [0.25, 0.3) is 0 Å². The van der Waals surface area contributed by atoms with Gasteiger partial charge >= 0.3 is 0 Å². The number of pyridine rings is 1. The average Bonchev–Trinajstić information content (AvgIpc) is 2.57. The van der Waals surface area contributed by atoms with Gasteiger partial charge in [-0.25, -0.2) is 0 Å². The van der Waals surface area contributed by atoms with Crippen molar-refractivity contribution in [1.82, 2.24) is 15.1 Å². The Kier molecular flexibility index (Phi) is 1.87. The van der Waals surface area contributed by atoms with Crippen LogP contribution in [0.1, 0.15) is 0 Å². The van der Waals surface area contributed by atoms with Crippen LogP contribution < -0.4 is 0 Å². The number of hydrogen-bond acceptors (Lipinski definition) is 4. The highest BCUT2D eigenvalue weighted by Crippen LogP contribution is 2.23. The molecule has 0 atom stereocenters. The Bertz CT molecular complexity index is 374. The van der Waals surface area contributed by atoms with E-state index in [-0.39, 0.29) is 0 Å². The topological polar surface area (TPSA) is 51.8 Å².